The number of carbonyl (C=O) groups excluding carboxylic acids is 3. The van der Waals surface area contributed by atoms with Crippen LogP contribution in [-0.4, -0.2) is 17.6 Å². The second kappa shape index (κ2) is 14.9. The molecule has 206 valence electrons. The summed E-state index contributed by atoms with van der Waals surface area (Å²) in [5, 5.41) is 2.28. The average Bonchev–Trinajstić information content (AvgIpc) is 3.31. The van der Waals surface area contributed by atoms with Crippen LogP contribution in [0.3, 0.4) is 0 Å². The molecule has 3 aromatic rings. The van der Waals surface area contributed by atoms with Crippen molar-refractivity contribution in [3.63, 3.8) is 0 Å². The molecule has 0 radical (unpaired) electrons. The minimum absolute atomic E-state index is 0.135. The molecule has 4 rings (SSSR count). The molecule has 0 aliphatic carbocycles. The summed E-state index contributed by atoms with van der Waals surface area (Å²) in [6, 6.07) is 21.8. The lowest BCUT2D eigenvalue weighted by Crippen LogP contribution is -2.21. The van der Waals surface area contributed by atoms with Gasteiger partial charge in [0.2, 0.25) is 0 Å². The molecule has 0 saturated carbocycles. The van der Waals surface area contributed by atoms with Crippen molar-refractivity contribution in [2.45, 2.75) is 64.2 Å². The number of amides is 2. The molecule has 1 aliphatic heterocycles. The van der Waals surface area contributed by atoms with Gasteiger partial charge in [-0.25, -0.2) is 4.39 Å². The molecule has 40 heavy (non-hydrogen) atoms. The molecule has 3 aromatic carbocycles. The molecular weight excluding hydrogens is 501 g/mol. The molecule has 1 aliphatic rings. The number of halogens is 1. The predicted octanol–water partition coefficient (Wildman–Crippen LogP) is 7.67. The number of nitrogens with one attached hydrogen (secondary N) is 1. The van der Waals surface area contributed by atoms with E-state index in [1.807, 2.05) is 36.4 Å². The van der Waals surface area contributed by atoms with E-state index in [9.17, 15) is 18.8 Å². The molecule has 0 aromatic heterocycles. The Hall–Kier alpha value is -4.12. The first-order valence-electron chi connectivity index (χ1n) is 14.2. The molecule has 0 saturated heterocycles. The summed E-state index contributed by atoms with van der Waals surface area (Å²) in [6.07, 6.45) is 16.6. The number of carbonyl (C=O) groups is 3. The number of aryl methyl sites for hydroxylation is 2. The Bertz CT molecular complexity index is 1350. The Morgan fingerprint density at radius 1 is 0.675 bits per heavy atom. The van der Waals surface area contributed by atoms with E-state index >= 15 is 0 Å². The summed E-state index contributed by atoms with van der Waals surface area (Å²) in [6.45, 7) is 0. The first kappa shape index (κ1) is 28.9. The van der Waals surface area contributed by atoms with E-state index in [1.165, 1.54) is 92.5 Å². The minimum Gasteiger partial charge on any atom is -0.289 e. The number of benzene rings is 3. The third-order valence-electron chi connectivity index (χ3n) is 7.24. The summed E-state index contributed by atoms with van der Waals surface area (Å²) in [7, 11) is 0. The normalized spacial score (nSPS) is 13.1. The van der Waals surface area contributed by atoms with Crippen LogP contribution in [0.25, 0.3) is 11.6 Å². The Kier molecular flexibility index (Phi) is 10.7. The van der Waals surface area contributed by atoms with Crippen LogP contribution in [-0.2, 0) is 22.4 Å². The number of unbranched alkanes of at least 4 members (excludes halogenated alkanes) is 7. The van der Waals surface area contributed by atoms with Gasteiger partial charge in [0, 0.05) is 11.6 Å². The lowest BCUT2D eigenvalue weighted by Gasteiger charge is -2.05. The summed E-state index contributed by atoms with van der Waals surface area (Å²) in [5.74, 6) is -1.15. The molecule has 0 bridgehead atoms. The maximum Gasteiger partial charge on any atom is 0.258 e. The third-order valence-corrected chi connectivity index (χ3v) is 7.24. The van der Waals surface area contributed by atoms with Gasteiger partial charge in [0.15, 0.2) is 5.78 Å². The van der Waals surface area contributed by atoms with Gasteiger partial charge in [-0.05, 0) is 78.3 Å². The highest BCUT2D eigenvalue weighted by Gasteiger charge is 2.21. The monoisotopic (exact) mass is 537 g/mol. The minimum atomic E-state index is -0.347. The fourth-order valence-corrected chi connectivity index (χ4v) is 4.87. The van der Waals surface area contributed by atoms with Gasteiger partial charge in [0.05, 0.1) is 5.57 Å². The second-order valence-corrected chi connectivity index (χ2v) is 10.3. The van der Waals surface area contributed by atoms with Gasteiger partial charge in [0.25, 0.3) is 11.8 Å². The smallest absolute Gasteiger partial charge is 0.258 e. The molecule has 0 unspecified atom stereocenters. The largest absolute Gasteiger partial charge is 0.289 e. The van der Waals surface area contributed by atoms with Crippen molar-refractivity contribution in [2.75, 3.05) is 0 Å². The Balaban J connectivity index is 1.03. The molecule has 1 heterocycles. The number of rotatable bonds is 15. The lowest BCUT2D eigenvalue weighted by molar-refractivity contribution is -0.123. The second-order valence-electron chi connectivity index (χ2n) is 10.3. The number of hydrogen-bond donors (Lipinski definition) is 1. The molecular formula is C35H36FNO3. The number of imide groups is 1. The van der Waals surface area contributed by atoms with Crippen LogP contribution in [0, 0.1) is 5.82 Å². The first-order chi connectivity index (χ1) is 19.5. The molecule has 4 nitrogen and oxygen atoms in total. The fraction of sp³-hybridized carbons (Fsp3) is 0.286. The van der Waals surface area contributed by atoms with Crippen molar-refractivity contribution < 1.29 is 18.8 Å². The van der Waals surface area contributed by atoms with Crippen molar-refractivity contribution in [3.05, 3.63) is 119 Å². The third kappa shape index (κ3) is 8.98. The van der Waals surface area contributed by atoms with Crippen LogP contribution in [0.4, 0.5) is 4.39 Å². The highest BCUT2D eigenvalue weighted by molar-refractivity contribution is 6.33. The Labute approximate surface area is 236 Å². The molecule has 5 heteroatoms. The van der Waals surface area contributed by atoms with E-state index in [0.29, 0.717) is 11.1 Å². The van der Waals surface area contributed by atoms with E-state index < -0.39 is 0 Å². The number of allylic oxidation sites excluding steroid dienone is 1. The topological polar surface area (TPSA) is 63.2 Å². The highest BCUT2D eigenvalue weighted by atomic mass is 19.1. The predicted molar refractivity (Wildman–Crippen MR) is 158 cm³/mol. The molecule has 2 amide bonds. The van der Waals surface area contributed by atoms with Crippen LogP contribution in [0.15, 0.2) is 84.9 Å². The van der Waals surface area contributed by atoms with Gasteiger partial charge >= 0.3 is 0 Å². The quantitative estimate of drug-likeness (QED) is 0.0937. The highest BCUT2D eigenvalue weighted by Crippen LogP contribution is 2.20. The average molecular weight is 538 g/mol. The number of hydrogen-bond acceptors (Lipinski definition) is 3. The first-order valence-corrected chi connectivity index (χ1v) is 14.2. The van der Waals surface area contributed by atoms with Gasteiger partial charge in [-0.1, -0.05) is 93.1 Å². The maximum atomic E-state index is 13.0. The van der Waals surface area contributed by atoms with Crippen molar-refractivity contribution >= 4 is 29.2 Å². The Morgan fingerprint density at radius 3 is 1.73 bits per heavy atom. The van der Waals surface area contributed by atoms with Crippen molar-refractivity contribution in [3.8, 4) is 0 Å². The van der Waals surface area contributed by atoms with Gasteiger partial charge in [-0.2, -0.15) is 0 Å². The molecule has 0 fully saturated rings. The zero-order valence-corrected chi connectivity index (χ0v) is 22.8. The van der Waals surface area contributed by atoms with Gasteiger partial charge in [0.1, 0.15) is 5.82 Å². The Morgan fingerprint density at radius 2 is 1.20 bits per heavy atom. The van der Waals surface area contributed by atoms with Crippen molar-refractivity contribution in [1.29, 1.82) is 0 Å². The standard InChI is InChI=1S/C35H36FNO3/c36-31-22-20-30(21-23-31)33(38)24-17-28-13-11-26(12-14-28)9-7-5-3-1-2-4-6-8-10-27-15-18-29(19-16-27)32-25-34(39)37-35(32)40/h11-25H,1-10H2,(H,37,39,40). The van der Waals surface area contributed by atoms with Gasteiger partial charge in [-0.15, -0.1) is 0 Å². The van der Waals surface area contributed by atoms with Crippen molar-refractivity contribution in [1.82, 2.24) is 5.32 Å². The fourth-order valence-electron chi connectivity index (χ4n) is 4.87. The summed E-state index contributed by atoms with van der Waals surface area (Å²) < 4.78 is 13.0. The number of ketones is 1. The van der Waals surface area contributed by atoms with Crippen LogP contribution < -0.4 is 5.32 Å². The lowest BCUT2D eigenvalue weighted by atomic mass is 10.0. The maximum absolute atomic E-state index is 13.0. The molecule has 0 atom stereocenters. The van der Waals surface area contributed by atoms with Crippen LogP contribution >= 0.6 is 0 Å². The van der Waals surface area contributed by atoms with E-state index in [2.05, 4.69) is 17.4 Å². The summed E-state index contributed by atoms with van der Waals surface area (Å²) >= 11 is 0. The molecule has 1 N–H and O–H groups in total. The zero-order valence-electron chi connectivity index (χ0n) is 22.8. The summed E-state index contributed by atoms with van der Waals surface area (Å²) in [5.41, 5.74) is 5.26. The van der Waals surface area contributed by atoms with Crippen LogP contribution in [0.5, 0.6) is 0 Å². The van der Waals surface area contributed by atoms with Crippen LogP contribution in [0.1, 0.15) is 84.0 Å². The van der Waals surface area contributed by atoms with E-state index in [1.54, 1.807) is 6.08 Å². The molecule has 0 spiro atoms. The van der Waals surface area contributed by atoms with Gasteiger partial charge < -0.3 is 0 Å². The van der Waals surface area contributed by atoms with E-state index in [4.69, 9.17) is 0 Å². The zero-order chi connectivity index (χ0) is 28.2. The SMILES string of the molecule is O=C1C=C(c2ccc(CCCCCCCCCCc3ccc(C=CC(=O)c4ccc(F)cc4)cc3)cc2)C(=O)N1. The van der Waals surface area contributed by atoms with Gasteiger partial charge in [-0.3, -0.25) is 19.7 Å². The van der Waals surface area contributed by atoms with Crippen molar-refractivity contribution in [2.24, 2.45) is 0 Å². The van der Waals surface area contributed by atoms with E-state index in [-0.39, 0.29) is 23.4 Å². The van der Waals surface area contributed by atoms with Crippen LogP contribution in [0.2, 0.25) is 0 Å². The van der Waals surface area contributed by atoms with E-state index in [0.717, 1.165) is 30.4 Å². The summed E-state index contributed by atoms with van der Waals surface area (Å²) in [4.78, 5) is 35.3.